The van der Waals surface area contributed by atoms with Gasteiger partial charge in [-0.05, 0) is 67.8 Å². The van der Waals surface area contributed by atoms with Crippen molar-refractivity contribution >= 4 is 29.6 Å². The van der Waals surface area contributed by atoms with E-state index in [1.165, 1.54) is 6.08 Å². The van der Waals surface area contributed by atoms with Crippen LogP contribution in [0.1, 0.15) is 23.6 Å². The Morgan fingerprint density at radius 3 is 2.48 bits per heavy atom. The zero-order chi connectivity index (χ0) is 22.5. The van der Waals surface area contributed by atoms with E-state index >= 15 is 0 Å². The lowest BCUT2D eigenvalue weighted by molar-refractivity contribution is -0.122. The first-order valence-electron chi connectivity index (χ1n) is 9.67. The van der Waals surface area contributed by atoms with Crippen molar-refractivity contribution in [3.8, 4) is 23.8 Å². The number of urea groups is 1. The van der Waals surface area contributed by atoms with Crippen LogP contribution >= 0.6 is 0 Å². The number of benzene rings is 2. The van der Waals surface area contributed by atoms with E-state index in [1.807, 2.05) is 26.8 Å². The molecule has 1 N–H and O–H groups in total. The number of aryl methyl sites for hydroxylation is 2. The summed E-state index contributed by atoms with van der Waals surface area (Å²) in [5.74, 6) is 1.80. The molecule has 7 nitrogen and oxygen atoms in total. The number of carbonyl (C=O) groups is 3. The van der Waals surface area contributed by atoms with Crippen molar-refractivity contribution in [2.75, 3.05) is 18.1 Å². The zero-order valence-electron chi connectivity index (χ0n) is 17.5. The molecule has 0 saturated carbocycles. The molecule has 0 aliphatic carbocycles. The standard InChI is InChI=1S/C24H22N2O5/c1-5-11-31-20-10-8-17(14-21(20)30-6-2)13-19-22(27)25-24(29)26(23(19)28)18-9-7-15(3)16(4)12-18/h1,7-10,12-14H,6,11H2,2-4H3,(H,25,27,29)/b19-13+. The molecular weight excluding hydrogens is 396 g/mol. The molecule has 158 valence electrons. The van der Waals surface area contributed by atoms with Crippen molar-refractivity contribution in [2.24, 2.45) is 0 Å². The molecule has 1 aliphatic heterocycles. The van der Waals surface area contributed by atoms with Gasteiger partial charge in [0.2, 0.25) is 0 Å². The molecule has 3 rings (SSSR count). The number of nitrogens with zero attached hydrogens (tertiary/aromatic N) is 1. The Bertz CT molecular complexity index is 1130. The van der Waals surface area contributed by atoms with E-state index in [4.69, 9.17) is 15.9 Å². The Morgan fingerprint density at radius 2 is 1.81 bits per heavy atom. The third kappa shape index (κ3) is 4.59. The first-order valence-corrected chi connectivity index (χ1v) is 9.67. The van der Waals surface area contributed by atoms with Gasteiger partial charge in [0.1, 0.15) is 12.2 Å². The van der Waals surface area contributed by atoms with Gasteiger partial charge in [0, 0.05) is 0 Å². The van der Waals surface area contributed by atoms with Gasteiger partial charge in [0.15, 0.2) is 11.5 Å². The predicted molar refractivity (Wildman–Crippen MR) is 117 cm³/mol. The molecule has 0 spiro atoms. The molecule has 1 fully saturated rings. The minimum atomic E-state index is -0.788. The van der Waals surface area contributed by atoms with E-state index in [0.29, 0.717) is 29.4 Å². The van der Waals surface area contributed by atoms with Crippen LogP contribution in [0, 0.1) is 26.2 Å². The Balaban J connectivity index is 1.98. The molecule has 4 amide bonds. The van der Waals surface area contributed by atoms with Gasteiger partial charge in [-0.3, -0.25) is 14.9 Å². The van der Waals surface area contributed by atoms with Gasteiger partial charge < -0.3 is 9.47 Å². The van der Waals surface area contributed by atoms with Crippen LogP contribution in [-0.2, 0) is 9.59 Å². The van der Waals surface area contributed by atoms with Crippen molar-refractivity contribution in [3.63, 3.8) is 0 Å². The number of anilines is 1. The van der Waals surface area contributed by atoms with E-state index in [9.17, 15) is 14.4 Å². The number of rotatable bonds is 6. The Hall–Kier alpha value is -4.05. The molecule has 0 unspecified atom stereocenters. The summed E-state index contributed by atoms with van der Waals surface area (Å²) < 4.78 is 11.0. The molecule has 1 aliphatic rings. The third-order valence-electron chi connectivity index (χ3n) is 4.74. The molecular formula is C24H22N2O5. The van der Waals surface area contributed by atoms with Gasteiger partial charge in [0.25, 0.3) is 11.8 Å². The molecule has 2 aromatic rings. The van der Waals surface area contributed by atoms with Crippen LogP contribution < -0.4 is 19.7 Å². The second-order valence-electron chi connectivity index (χ2n) is 6.86. The maximum absolute atomic E-state index is 13.1. The van der Waals surface area contributed by atoms with Crippen LogP contribution in [-0.4, -0.2) is 31.1 Å². The van der Waals surface area contributed by atoms with Crippen LogP contribution in [0.5, 0.6) is 11.5 Å². The highest BCUT2D eigenvalue weighted by Crippen LogP contribution is 2.30. The lowest BCUT2D eigenvalue weighted by Crippen LogP contribution is -2.54. The molecule has 1 heterocycles. The molecule has 0 aromatic heterocycles. The van der Waals surface area contributed by atoms with Crippen LogP contribution in [0.25, 0.3) is 6.08 Å². The normalized spacial score (nSPS) is 15.0. The Labute approximate surface area is 180 Å². The smallest absolute Gasteiger partial charge is 0.335 e. The van der Waals surface area contributed by atoms with Gasteiger partial charge in [-0.1, -0.05) is 18.1 Å². The molecule has 0 radical (unpaired) electrons. The maximum atomic E-state index is 13.1. The fourth-order valence-corrected chi connectivity index (χ4v) is 3.04. The third-order valence-corrected chi connectivity index (χ3v) is 4.74. The minimum absolute atomic E-state index is 0.0778. The highest BCUT2D eigenvalue weighted by atomic mass is 16.5. The van der Waals surface area contributed by atoms with E-state index in [2.05, 4.69) is 11.2 Å². The maximum Gasteiger partial charge on any atom is 0.335 e. The summed E-state index contributed by atoms with van der Waals surface area (Å²) in [6.07, 6.45) is 6.64. The van der Waals surface area contributed by atoms with E-state index in [1.54, 1.807) is 30.3 Å². The lowest BCUT2D eigenvalue weighted by Gasteiger charge is -2.27. The van der Waals surface area contributed by atoms with Crippen LogP contribution in [0.2, 0.25) is 0 Å². The highest BCUT2D eigenvalue weighted by molar-refractivity contribution is 6.39. The number of terminal acetylenes is 1. The van der Waals surface area contributed by atoms with Crippen molar-refractivity contribution < 1.29 is 23.9 Å². The molecule has 0 bridgehead atoms. The Morgan fingerprint density at radius 1 is 1.03 bits per heavy atom. The summed E-state index contributed by atoms with van der Waals surface area (Å²) in [6.45, 7) is 6.10. The lowest BCUT2D eigenvalue weighted by atomic mass is 10.0. The van der Waals surface area contributed by atoms with Gasteiger partial charge in [0.05, 0.1) is 12.3 Å². The topological polar surface area (TPSA) is 84.9 Å². The van der Waals surface area contributed by atoms with E-state index in [-0.39, 0.29) is 12.2 Å². The fraction of sp³-hybridized carbons (Fsp3) is 0.208. The molecule has 31 heavy (non-hydrogen) atoms. The average molecular weight is 418 g/mol. The molecule has 7 heteroatoms. The van der Waals surface area contributed by atoms with Gasteiger partial charge in [-0.2, -0.15) is 0 Å². The summed E-state index contributed by atoms with van der Waals surface area (Å²) in [4.78, 5) is 38.8. The highest BCUT2D eigenvalue weighted by Gasteiger charge is 2.36. The van der Waals surface area contributed by atoms with Crippen LogP contribution in [0.3, 0.4) is 0 Å². The monoisotopic (exact) mass is 418 g/mol. The van der Waals surface area contributed by atoms with Crippen molar-refractivity contribution in [3.05, 3.63) is 58.7 Å². The summed E-state index contributed by atoms with van der Waals surface area (Å²) in [5.41, 5.74) is 2.69. The van der Waals surface area contributed by atoms with Crippen molar-refractivity contribution in [1.29, 1.82) is 0 Å². The van der Waals surface area contributed by atoms with Gasteiger partial charge in [-0.25, -0.2) is 9.69 Å². The first-order chi connectivity index (χ1) is 14.8. The first kappa shape index (κ1) is 21.7. The summed E-state index contributed by atoms with van der Waals surface area (Å²) in [5, 5.41) is 2.22. The number of barbiturate groups is 1. The second-order valence-corrected chi connectivity index (χ2v) is 6.86. The predicted octanol–water partition coefficient (Wildman–Crippen LogP) is 3.38. The molecule has 0 atom stereocenters. The number of hydrogen-bond acceptors (Lipinski definition) is 5. The zero-order valence-corrected chi connectivity index (χ0v) is 17.5. The van der Waals surface area contributed by atoms with Crippen molar-refractivity contribution in [1.82, 2.24) is 5.32 Å². The summed E-state index contributed by atoms with van der Waals surface area (Å²) in [6, 6.07) is 9.37. The second kappa shape index (κ2) is 9.18. The van der Waals surface area contributed by atoms with Crippen LogP contribution in [0.15, 0.2) is 42.0 Å². The summed E-state index contributed by atoms with van der Waals surface area (Å²) in [7, 11) is 0. The van der Waals surface area contributed by atoms with E-state index < -0.39 is 17.8 Å². The largest absolute Gasteiger partial charge is 0.490 e. The SMILES string of the molecule is C#CCOc1ccc(/C=C2\C(=O)NC(=O)N(c3ccc(C)c(C)c3)C2=O)cc1OCC. The molecule has 1 saturated heterocycles. The van der Waals surface area contributed by atoms with Crippen LogP contribution in [0.4, 0.5) is 10.5 Å². The number of hydrogen-bond donors (Lipinski definition) is 1. The number of nitrogens with one attached hydrogen (secondary N) is 1. The number of amides is 4. The Kier molecular flexibility index (Phi) is 6.41. The van der Waals surface area contributed by atoms with E-state index in [0.717, 1.165) is 16.0 Å². The van der Waals surface area contributed by atoms with Gasteiger partial charge in [-0.15, -0.1) is 6.42 Å². The minimum Gasteiger partial charge on any atom is -0.490 e. The summed E-state index contributed by atoms with van der Waals surface area (Å²) >= 11 is 0. The van der Waals surface area contributed by atoms with Gasteiger partial charge >= 0.3 is 6.03 Å². The number of carbonyl (C=O) groups excluding carboxylic acids is 3. The molecule has 2 aromatic carbocycles. The average Bonchev–Trinajstić information content (AvgIpc) is 2.73. The quantitative estimate of drug-likeness (QED) is 0.442. The number of ether oxygens (including phenoxy) is 2. The number of imide groups is 2. The fourth-order valence-electron chi connectivity index (χ4n) is 3.04. The van der Waals surface area contributed by atoms with Crippen molar-refractivity contribution in [2.45, 2.75) is 20.8 Å².